The van der Waals surface area contributed by atoms with Gasteiger partial charge in [0, 0.05) is 19.0 Å². The minimum absolute atomic E-state index is 0.0409. The molecule has 1 saturated heterocycles. The van der Waals surface area contributed by atoms with Gasteiger partial charge in [0.15, 0.2) is 0 Å². The predicted molar refractivity (Wildman–Crippen MR) is 79.7 cm³/mol. The standard InChI is InChI=1S/C14H17FN2O5S/c1-23(21,22)16-6-13(18)17-7-11(12(8-17)14(19)20)9-3-2-4-10(15)5-9/h2-5,11-12,16H,6-8H2,1H3,(H,19,20)/t11-,12+/m0/s1. The Bertz CT molecular complexity index is 722. The summed E-state index contributed by atoms with van der Waals surface area (Å²) in [6, 6.07) is 5.61. The van der Waals surface area contributed by atoms with Crippen LogP contribution in [-0.4, -0.2) is 56.2 Å². The highest BCUT2D eigenvalue weighted by molar-refractivity contribution is 7.88. The highest BCUT2D eigenvalue weighted by Gasteiger charge is 2.40. The maximum atomic E-state index is 13.4. The van der Waals surface area contributed by atoms with Crippen molar-refractivity contribution in [1.82, 2.24) is 9.62 Å². The van der Waals surface area contributed by atoms with Crippen molar-refractivity contribution in [2.24, 2.45) is 5.92 Å². The molecule has 0 bridgehead atoms. The molecule has 0 saturated carbocycles. The molecule has 23 heavy (non-hydrogen) atoms. The third-order valence-electron chi connectivity index (χ3n) is 3.75. The molecule has 1 aliphatic rings. The number of carbonyl (C=O) groups excluding carboxylic acids is 1. The van der Waals surface area contributed by atoms with E-state index in [4.69, 9.17) is 0 Å². The first-order valence-corrected chi connectivity index (χ1v) is 8.77. The van der Waals surface area contributed by atoms with Gasteiger partial charge in [0.2, 0.25) is 15.9 Å². The van der Waals surface area contributed by atoms with Gasteiger partial charge in [-0.3, -0.25) is 9.59 Å². The zero-order chi connectivity index (χ0) is 17.2. The summed E-state index contributed by atoms with van der Waals surface area (Å²) in [5.41, 5.74) is 0.503. The number of nitrogens with one attached hydrogen (secondary N) is 1. The monoisotopic (exact) mass is 344 g/mol. The molecular weight excluding hydrogens is 327 g/mol. The average Bonchev–Trinajstić information content (AvgIpc) is 2.89. The van der Waals surface area contributed by atoms with E-state index < -0.39 is 46.1 Å². The molecule has 1 aromatic rings. The zero-order valence-electron chi connectivity index (χ0n) is 12.4. The second-order valence-electron chi connectivity index (χ2n) is 5.50. The molecule has 0 unspecified atom stereocenters. The lowest BCUT2D eigenvalue weighted by Gasteiger charge is -2.16. The number of likely N-dealkylation sites (tertiary alicyclic amines) is 1. The van der Waals surface area contributed by atoms with Crippen LogP contribution in [0.5, 0.6) is 0 Å². The largest absolute Gasteiger partial charge is 0.481 e. The Morgan fingerprint density at radius 2 is 2.09 bits per heavy atom. The molecule has 1 fully saturated rings. The molecule has 1 heterocycles. The predicted octanol–water partition coefficient (Wildman–Crippen LogP) is 0.00150. The molecule has 2 N–H and O–H groups in total. The molecule has 0 aromatic heterocycles. The van der Waals surface area contributed by atoms with Crippen molar-refractivity contribution in [2.45, 2.75) is 5.92 Å². The summed E-state index contributed by atoms with van der Waals surface area (Å²) in [6.07, 6.45) is 0.930. The number of benzene rings is 1. The number of halogens is 1. The van der Waals surface area contributed by atoms with Crippen LogP contribution in [0.2, 0.25) is 0 Å². The van der Waals surface area contributed by atoms with Gasteiger partial charge in [-0.1, -0.05) is 12.1 Å². The van der Waals surface area contributed by atoms with Gasteiger partial charge < -0.3 is 10.0 Å². The van der Waals surface area contributed by atoms with Crippen LogP contribution in [0, 0.1) is 11.7 Å². The normalized spacial score (nSPS) is 21.4. The van der Waals surface area contributed by atoms with Crippen LogP contribution in [0.25, 0.3) is 0 Å². The molecule has 7 nitrogen and oxygen atoms in total. The summed E-state index contributed by atoms with van der Waals surface area (Å²) in [6.45, 7) is -0.369. The first-order valence-electron chi connectivity index (χ1n) is 6.88. The molecule has 9 heteroatoms. The first kappa shape index (κ1) is 17.4. The van der Waals surface area contributed by atoms with Gasteiger partial charge in [-0.05, 0) is 17.7 Å². The Morgan fingerprint density at radius 1 is 1.39 bits per heavy atom. The van der Waals surface area contributed by atoms with E-state index in [9.17, 15) is 27.5 Å². The second-order valence-corrected chi connectivity index (χ2v) is 7.33. The van der Waals surface area contributed by atoms with Gasteiger partial charge >= 0.3 is 5.97 Å². The molecule has 0 aliphatic carbocycles. The lowest BCUT2D eigenvalue weighted by molar-refractivity contribution is -0.141. The van der Waals surface area contributed by atoms with Crippen LogP contribution in [0.4, 0.5) is 4.39 Å². The van der Waals surface area contributed by atoms with Gasteiger partial charge in [-0.15, -0.1) is 0 Å². The van der Waals surface area contributed by atoms with Crippen LogP contribution >= 0.6 is 0 Å². The van der Waals surface area contributed by atoms with Crippen LogP contribution in [0.1, 0.15) is 11.5 Å². The molecule has 2 atom stereocenters. The summed E-state index contributed by atoms with van der Waals surface area (Å²) >= 11 is 0. The number of hydrogen-bond donors (Lipinski definition) is 2. The second kappa shape index (κ2) is 6.63. The van der Waals surface area contributed by atoms with E-state index in [0.717, 1.165) is 6.26 Å². The molecule has 126 valence electrons. The van der Waals surface area contributed by atoms with Crippen molar-refractivity contribution in [3.05, 3.63) is 35.6 Å². The smallest absolute Gasteiger partial charge is 0.308 e. The van der Waals surface area contributed by atoms with Gasteiger partial charge in [0.25, 0.3) is 0 Å². The molecule has 1 aliphatic heterocycles. The van der Waals surface area contributed by atoms with Crippen molar-refractivity contribution < 1.29 is 27.5 Å². The fourth-order valence-corrected chi connectivity index (χ4v) is 3.02. The molecule has 0 radical (unpaired) electrons. The zero-order valence-corrected chi connectivity index (χ0v) is 13.2. The quantitative estimate of drug-likeness (QED) is 0.783. The summed E-state index contributed by atoms with van der Waals surface area (Å²) in [5.74, 6) is -3.47. The van der Waals surface area contributed by atoms with Crippen LogP contribution in [-0.2, 0) is 19.6 Å². The molecular formula is C14H17FN2O5S. The van der Waals surface area contributed by atoms with Gasteiger partial charge in [0.1, 0.15) is 5.82 Å². The number of carboxylic acids is 1. The number of hydrogen-bond acceptors (Lipinski definition) is 4. The van der Waals surface area contributed by atoms with Gasteiger partial charge in [0.05, 0.1) is 18.7 Å². The van der Waals surface area contributed by atoms with E-state index in [0.29, 0.717) is 5.56 Å². The Balaban J connectivity index is 2.15. The van der Waals surface area contributed by atoms with E-state index in [1.165, 1.54) is 23.1 Å². The van der Waals surface area contributed by atoms with Gasteiger partial charge in [-0.25, -0.2) is 17.5 Å². The number of sulfonamides is 1. The highest BCUT2D eigenvalue weighted by Crippen LogP contribution is 2.33. The molecule has 1 amide bonds. The van der Waals surface area contributed by atoms with Crippen molar-refractivity contribution in [3.8, 4) is 0 Å². The Labute approximate surface area is 133 Å². The summed E-state index contributed by atoms with van der Waals surface area (Å²) in [7, 11) is -3.51. The maximum Gasteiger partial charge on any atom is 0.308 e. The Hall–Kier alpha value is -2.00. The average molecular weight is 344 g/mol. The van der Waals surface area contributed by atoms with Gasteiger partial charge in [-0.2, -0.15) is 0 Å². The number of rotatable bonds is 5. The molecule has 0 spiro atoms. The third-order valence-corrected chi connectivity index (χ3v) is 4.42. The number of carboxylic acid groups (broad SMARTS) is 1. The lowest BCUT2D eigenvalue weighted by Crippen LogP contribution is -2.39. The van der Waals surface area contributed by atoms with Crippen molar-refractivity contribution >= 4 is 21.9 Å². The van der Waals surface area contributed by atoms with E-state index in [1.807, 2.05) is 0 Å². The number of carbonyl (C=O) groups is 2. The Kier molecular flexibility index (Phi) is 5.00. The van der Waals surface area contributed by atoms with Crippen molar-refractivity contribution in [2.75, 3.05) is 25.9 Å². The number of aliphatic carboxylic acids is 1. The topological polar surface area (TPSA) is 104 Å². The van der Waals surface area contributed by atoms with Crippen LogP contribution in [0.3, 0.4) is 0 Å². The fraction of sp³-hybridized carbons (Fsp3) is 0.429. The summed E-state index contributed by atoms with van der Waals surface area (Å²) < 4.78 is 37.5. The van der Waals surface area contributed by atoms with E-state index in [-0.39, 0.29) is 13.1 Å². The Morgan fingerprint density at radius 3 is 2.65 bits per heavy atom. The molecule has 2 rings (SSSR count). The fourth-order valence-electron chi connectivity index (χ4n) is 2.64. The van der Waals surface area contributed by atoms with Crippen LogP contribution in [0.15, 0.2) is 24.3 Å². The summed E-state index contributed by atoms with van der Waals surface area (Å²) in [4.78, 5) is 24.7. The van der Waals surface area contributed by atoms with E-state index in [1.54, 1.807) is 6.07 Å². The lowest BCUT2D eigenvalue weighted by atomic mass is 9.89. The first-order chi connectivity index (χ1) is 10.7. The maximum absolute atomic E-state index is 13.4. The third kappa shape index (κ3) is 4.49. The summed E-state index contributed by atoms with van der Waals surface area (Å²) in [5, 5.41) is 9.33. The number of nitrogens with zero attached hydrogens (tertiary/aromatic N) is 1. The minimum atomic E-state index is -3.51. The highest BCUT2D eigenvalue weighted by atomic mass is 32.2. The van der Waals surface area contributed by atoms with Crippen LogP contribution < -0.4 is 4.72 Å². The minimum Gasteiger partial charge on any atom is -0.481 e. The van der Waals surface area contributed by atoms with E-state index >= 15 is 0 Å². The van der Waals surface area contributed by atoms with E-state index in [2.05, 4.69) is 4.72 Å². The SMILES string of the molecule is CS(=O)(=O)NCC(=O)N1C[C@@H](C(=O)O)[C@H](c2cccc(F)c2)C1. The van der Waals surface area contributed by atoms with Crippen molar-refractivity contribution in [3.63, 3.8) is 0 Å². The van der Waals surface area contributed by atoms with Crippen molar-refractivity contribution in [1.29, 1.82) is 0 Å². The number of amides is 1. The molecule has 1 aromatic carbocycles.